The summed E-state index contributed by atoms with van der Waals surface area (Å²) in [6.45, 7) is 4.07. The molecule has 1 aromatic carbocycles. The van der Waals surface area contributed by atoms with Crippen LogP contribution in [0.4, 0.5) is 0 Å². The van der Waals surface area contributed by atoms with E-state index < -0.39 is 0 Å². The van der Waals surface area contributed by atoms with Gasteiger partial charge in [0.25, 0.3) is 0 Å². The lowest BCUT2D eigenvalue weighted by atomic mass is 10.2. The summed E-state index contributed by atoms with van der Waals surface area (Å²) in [4.78, 5) is 4.58. The normalized spacial score (nSPS) is 21.4. The zero-order valence-electron chi connectivity index (χ0n) is 11.8. The molecule has 1 unspecified atom stereocenters. The van der Waals surface area contributed by atoms with E-state index in [-0.39, 0.29) is 6.10 Å². The molecule has 1 heterocycles. The summed E-state index contributed by atoms with van der Waals surface area (Å²) in [7, 11) is 0. The number of nitrogens with zero attached hydrogens (tertiary/aromatic N) is 1. The number of guanidine groups is 1. The summed E-state index contributed by atoms with van der Waals surface area (Å²) in [6.07, 6.45) is 2.45. The average Bonchev–Trinajstić information content (AvgIpc) is 3.29. The predicted molar refractivity (Wildman–Crippen MR) is 78.5 cm³/mol. The third kappa shape index (κ3) is 3.35. The van der Waals surface area contributed by atoms with Crippen LogP contribution in [0.5, 0.6) is 11.5 Å². The first-order valence-corrected chi connectivity index (χ1v) is 7.28. The van der Waals surface area contributed by atoms with Crippen LogP contribution in [0, 0.1) is 0 Å². The van der Waals surface area contributed by atoms with Crippen molar-refractivity contribution < 1.29 is 9.47 Å². The standard InChI is InChI=1S/C15H21N3O2/c1-2-16-15(18-11-7-8-11)17-9-12-10-19-13-5-3-4-6-14(13)20-12/h3-6,11-12H,2,7-10H2,1H3,(H2,16,17,18). The highest BCUT2D eigenvalue weighted by molar-refractivity contribution is 5.80. The number of hydrogen-bond acceptors (Lipinski definition) is 3. The first-order chi connectivity index (χ1) is 9.85. The number of benzene rings is 1. The summed E-state index contributed by atoms with van der Waals surface area (Å²) in [5.74, 6) is 2.49. The molecule has 0 aromatic heterocycles. The SMILES string of the molecule is CCNC(=NCC1COc2ccccc2O1)NC1CC1. The second-order valence-electron chi connectivity index (χ2n) is 5.14. The number of ether oxygens (including phenoxy) is 2. The van der Waals surface area contributed by atoms with Gasteiger partial charge in [-0.05, 0) is 31.9 Å². The predicted octanol–water partition coefficient (Wildman–Crippen LogP) is 1.54. The summed E-state index contributed by atoms with van der Waals surface area (Å²) in [6, 6.07) is 8.35. The van der Waals surface area contributed by atoms with Gasteiger partial charge in [-0.15, -0.1) is 0 Å². The molecule has 0 radical (unpaired) electrons. The number of aliphatic imine (C=N–C) groups is 1. The molecule has 2 N–H and O–H groups in total. The number of hydrogen-bond donors (Lipinski definition) is 2. The van der Waals surface area contributed by atoms with Gasteiger partial charge in [-0.2, -0.15) is 0 Å². The fraction of sp³-hybridized carbons (Fsp3) is 0.533. The smallest absolute Gasteiger partial charge is 0.191 e. The Hall–Kier alpha value is -1.91. The van der Waals surface area contributed by atoms with Crippen molar-refractivity contribution in [2.24, 2.45) is 4.99 Å². The molecule has 1 saturated carbocycles. The Balaban J connectivity index is 1.57. The molecule has 1 aliphatic carbocycles. The number of rotatable bonds is 4. The van der Waals surface area contributed by atoms with Crippen molar-refractivity contribution in [3.63, 3.8) is 0 Å². The quantitative estimate of drug-likeness (QED) is 0.646. The summed E-state index contributed by atoms with van der Waals surface area (Å²) in [5, 5.41) is 6.65. The third-order valence-electron chi connectivity index (χ3n) is 3.28. The Bertz CT molecular complexity index is 486. The van der Waals surface area contributed by atoms with E-state index in [1.54, 1.807) is 0 Å². The van der Waals surface area contributed by atoms with Gasteiger partial charge in [-0.1, -0.05) is 12.1 Å². The molecule has 0 saturated heterocycles. The molecule has 0 amide bonds. The molecule has 1 aromatic rings. The van der Waals surface area contributed by atoms with Gasteiger partial charge in [-0.3, -0.25) is 0 Å². The van der Waals surface area contributed by atoms with E-state index in [4.69, 9.17) is 9.47 Å². The largest absolute Gasteiger partial charge is 0.486 e. The average molecular weight is 275 g/mol. The number of para-hydroxylation sites is 2. The van der Waals surface area contributed by atoms with Crippen LogP contribution in [0.3, 0.4) is 0 Å². The van der Waals surface area contributed by atoms with Crippen molar-refractivity contribution in [3.8, 4) is 11.5 Å². The maximum atomic E-state index is 5.89. The summed E-state index contributed by atoms with van der Waals surface area (Å²) < 4.78 is 11.6. The molecule has 1 atom stereocenters. The molecule has 0 bridgehead atoms. The Labute approximate surface area is 119 Å². The topological polar surface area (TPSA) is 54.9 Å². The fourth-order valence-electron chi connectivity index (χ4n) is 2.09. The van der Waals surface area contributed by atoms with Gasteiger partial charge in [0.2, 0.25) is 0 Å². The maximum Gasteiger partial charge on any atom is 0.191 e. The van der Waals surface area contributed by atoms with E-state index in [2.05, 4.69) is 22.5 Å². The van der Waals surface area contributed by atoms with Gasteiger partial charge in [0.15, 0.2) is 23.6 Å². The highest BCUT2D eigenvalue weighted by atomic mass is 16.6. The lowest BCUT2D eigenvalue weighted by Gasteiger charge is -2.25. The van der Waals surface area contributed by atoms with Crippen molar-refractivity contribution in [1.29, 1.82) is 0 Å². The highest BCUT2D eigenvalue weighted by Gasteiger charge is 2.23. The van der Waals surface area contributed by atoms with E-state index >= 15 is 0 Å². The van der Waals surface area contributed by atoms with Gasteiger partial charge in [0, 0.05) is 12.6 Å². The van der Waals surface area contributed by atoms with Gasteiger partial charge in [0.1, 0.15) is 6.61 Å². The maximum absolute atomic E-state index is 5.89. The van der Waals surface area contributed by atoms with Crippen LogP contribution in [0.25, 0.3) is 0 Å². The first-order valence-electron chi connectivity index (χ1n) is 7.28. The molecule has 20 heavy (non-hydrogen) atoms. The molecule has 5 heteroatoms. The van der Waals surface area contributed by atoms with Crippen LogP contribution < -0.4 is 20.1 Å². The van der Waals surface area contributed by atoms with Crippen LogP contribution in [-0.4, -0.2) is 37.8 Å². The molecule has 3 rings (SSSR count). The Morgan fingerprint density at radius 1 is 1.30 bits per heavy atom. The summed E-state index contributed by atoms with van der Waals surface area (Å²) in [5.41, 5.74) is 0. The Kier molecular flexibility index (Phi) is 3.95. The molecule has 108 valence electrons. The lowest BCUT2D eigenvalue weighted by molar-refractivity contribution is 0.0971. The van der Waals surface area contributed by atoms with Crippen molar-refractivity contribution >= 4 is 5.96 Å². The van der Waals surface area contributed by atoms with E-state index in [9.17, 15) is 0 Å². The van der Waals surface area contributed by atoms with Crippen LogP contribution in [-0.2, 0) is 0 Å². The van der Waals surface area contributed by atoms with E-state index in [0.29, 0.717) is 19.2 Å². The van der Waals surface area contributed by atoms with E-state index in [1.807, 2.05) is 24.3 Å². The van der Waals surface area contributed by atoms with E-state index in [1.165, 1.54) is 12.8 Å². The van der Waals surface area contributed by atoms with Crippen LogP contribution in [0.1, 0.15) is 19.8 Å². The number of fused-ring (bicyclic) bond motifs is 1. The second kappa shape index (κ2) is 6.03. The molecule has 5 nitrogen and oxygen atoms in total. The van der Waals surface area contributed by atoms with Gasteiger partial charge >= 0.3 is 0 Å². The molecule has 0 spiro atoms. The molecule has 2 aliphatic rings. The van der Waals surface area contributed by atoms with Gasteiger partial charge in [-0.25, -0.2) is 4.99 Å². The van der Waals surface area contributed by atoms with Crippen molar-refractivity contribution in [2.75, 3.05) is 19.7 Å². The highest BCUT2D eigenvalue weighted by Crippen LogP contribution is 2.30. The summed E-state index contributed by atoms with van der Waals surface area (Å²) >= 11 is 0. The van der Waals surface area contributed by atoms with Crippen molar-refractivity contribution in [3.05, 3.63) is 24.3 Å². The van der Waals surface area contributed by atoms with Crippen molar-refractivity contribution in [1.82, 2.24) is 10.6 Å². The monoisotopic (exact) mass is 275 g/mol. The first kappa shape index (κ1) is 13.1. The molecule has 1 fully saturated rings. The minimum atomic E-state index is -0.0282. The number of nitrogens with one attached hydrogen (secondary N) is 2. The fourth-order valence-corrected chi connectivity index (χ4v) is 2.09. The molecular weight excluding hydrogens is 254 g/mol. The van der Waals surface area contributed by atoms with Crippen LogP contribution in [0.2, 0.25) is 0 Å². The lowest BCUT2D eigenvalue weighted by Crippen LogP contribution is -2.40. The Morgan fingerprint density at radius 2 is 2.10 bits per heavy atom. The minimum absolute atomic E-state index is 0.0282. The van der Waals surface area contributed by atoms with Crippen LogP contribution in [0.15, 0.2) is 29.3 Å². The van der Waals surface area contributed by atoms with Gasteiger partial charge < -0.3 is 20.1 Å². The van der Waals surface area contributed by atoms with Crippen LogP contribution >= 0.6 is 0 Å². The Morgan fingerprint density at radius 3 is 2.85 bits per heavy atom. The third-order valence-corrected chi connectivity index (χ3v) is 3.28. The zero-order valence-corrected chi connectivity index (χ0v) is 11.8. The second-order valence-corrected chi connectivity index (χ2v) is 5.14. The molecule has 1 aliphatic heterocycles. The molecular formula is C15H21N3O2. The zero-order chi connectivity index (χ0) is 13.8. The van der Waals surface area contributed by atoms with Crippen molar-refractivity contribution in [2.45, 2.75) is 31.9 Å². The van der Waals surface area contributed by atoms with E-state index in [0.717, 1.165) is 24.0 Å². The minimum Gasteiger partial charge on any atom is -0.486 e. The van der Waals surface area contributed by atoms with Gasteiger partial charge in [0.05, 0.1) is 6.54 Å².